The van der Waals surface area contributed by atoms with E-state index in [4.69, 9.17) is 9.47 Å². The van der Waals surface area contributed by atoms with Crippen LogP contribution in [0.15, 0.2) is 0 Å². The molecule has 0 radical (unpaired) electrons. The summed E-state index contributed by atoms with van der Waals surface area (Å²) in [5.74, 6) is 0. The number of ether oxygens (including phenoxy) is 2. The van der Waals surface area contributed by atoms with E-state index in [9.17, 15) is 0 Å². The number of rotatable bonds is 5. The van der Waals surface area contributed by atoms with E-state index >= 15 is 0 Å². The smallest absolute Gasteiger partial charge is 0.169 e. The number of hydrogen-bond donors (Lipinski definition) is 2. The van der Waals surface area contributed by atoms with Gasteiger partial charge in [0.1, 0.15) is 0 Å². The highest BCUT2D eigenvalue weighted by Gasteiger charge is 2.13. The molecule has 0 aromatic rings. The van der Waals surface area contributed by atoms with Crippen LogP contribution in [-0.2, 0) is 9.47 Å². The Labute approximate surface area is 86.3 Å². The zero-order valence-electron chi connectivity index (χ0n) is 9.21. The van der Waals surface area contributed by atoms with E-state index < -0.39 is 0 Å². The van der Waals surface area contributed by atoms with Gasteiger partial charge in [0.15, 0.2) is 6.29 Å². The molecule has 1 aliphatic heterocycles. The lowest BCUT2D eigenvalue weighted by Crippen LogP contribution is -2.37. The van der Waals surface area contributed by atoms with Gasteiger partial charge in [-0.25, -0.2) is 0 Å². The first-order valence-corrected chi connectivity index (χ1v) is 5.36. The summed E-state index contributed by atoms with van der Waals surface area (Å²) in [6.07, 6.45) is 3.57. The van der Waals surface area contributed by atoms with Crippen LogP contribution in [0, 0.1) is 0 Å². The van der Waals surface area contributed by atoms with Crippen LogP contribution >= 0.6 is 0 Å². The van der Waals surface area contributed by atoms with E-state index in [1.807, 2.05) is 0 Å². The summed E-state index contributed by atoms with van der Waals surface area (Å²) in [5, 5.41) is 6.86. The Kier molecular flexibility index (Phi) is 6.10. The molecule has 0 saturated carbocycles. The van der Waals surface area contributed by atoms with Crippen LogP contribution < -0.4 is 10.6 Å². The van der Waals surface area contributed by atoms with Crippen LogP contribution in [0.3, 0.4) is 0 Å². The third kappa shape index (κ3) is 4.37. The van der Waals surface area contributed by atoms with Crippen molar-refractivity contribution in [2.75, 3.05) is 33.9 Å². The fraction of sp³-hybridized carbons (Fsp3) is 1.00. The lowest BCUT2D eigenvalue weighted by molar-refractivity contribution is -0.0999. The minimum atomic E-state index is -0.119. The first-order valence-electron chi connectivity index (χ1n) is 5.36. The third-order valence-corrected chi connectivity index (χ3v) is 2.67. The van der Waals surface area contributed by atoms with Gasteiger partial charge in [0.05, 0.1) is 0 Å². The Bertz CT molecular complexity index is 132. The number of methoxy groups -OCH3 is 2. The van der Waals surface area contributed by atoms with Gasteiger partial charge in [-0.3, -0.25) is 0 Å². The Balaban J connectivity index is 2.14. The minimum Gasteiger partial charge on any atom is -0.355 e. The first-order chi connectivity index (χ1) is 6.86. The van der Waals surface area contributed by atoms with E-state index in [1.165, 1.54) is 19.3 Å². The molecule has 14 heavy (non-hydrogen) atoms. The van der Waals surface area contributed by atoms with Gasteiger partial charge in [0.2, 0.25) is 0 Å². The molecule has 0 aliphatic carbocycles. The van der Waals surface area contributed by atoms with Crippen molar-refractivity contribution in [1.82, 2.24) is 10.6 Å². The summed E-state index contributed by atoms with van der Waals surface area (Å²) in [6.45, 7) is 3.04. The van der Waals surface area contributed by atoms with Gasteiger partial charge in [0.25, 0.3) is 0 Å². The molecule has 1 rings (SSSR count). The summed E-state index contributed by atoms with van der Waals surface area (Å²) >= 11 is 0. The lowest BCUT2D eigenvalue weighted by Gasteiger charge is -2.19. The van der Waals surface area contributed by atoms with Crippen molar-refractivity contribution in [3.63, 3.8) is 0 Å². The summed E-state index contributed by atoms with van der Waals surface area (Å²) in [4.78, 5) is 0. The molecule has 2 N–H and O–H groups in total. The molecule has 1 unspecified atom stereocenters. The summed E-state index contributed by atoms with van der Waals surface area (Å²) in [7, 11) is 3.34. The fourth-order valence-electron chi connectivity index (χ4n) is 1.75. The quantitative estimate of drug-likeness (QED) is 0.631. The SMILES string of the molecule is COC(CNC1CCCNCC1)OC. The van der Waals surface area contributed by atoms with E-state index in [1.54, 1.807) is 14.2 Å². The van der Waals surface area contributed by atoms with Crippen molar-refractivity contribution >= 4 is 0 Å². The fourth-order valence-corrected chi connectivity index (χ4v) is 1.75. The van der Waals surface area contributed by atoms with Crippen LogP contribution in [0.25, 0.3) is 0 Å². The second-order valence-corrected chi connectivity index (χ2v) is 3.69. The van der Waals surface area contributed by atoms with Gasteiger partial charge in [-0.05, 0) is 32.4 Å². The van der Waals surface area contributed by atoms with Crippen molar-refractivity contribution in [2.45, 2.75) is 31.6 Å². The van der Waals surface area contributed by atoms with Crippen LogP contribution in [-0.4, -0.2) is 46.2 Å². The molecule has 1 fully saturated rings. The highest BCUT2D eigenvalue weighted by atomic mass is 16.7. The zero-order chi connectivity index (χ0) is 10.2. The predicted molar refractivity (Wildman–Crippen MR) is 56.3 cm³/mol. The average Bonchev–Trinajstić information content (AvgIpc) is 2.48. The van der Waals surface area contributed by atoms with Gasteiger partial charge < -0.3 is 20.1 Å². The van der Waals surface area contributed by atoms with E-state index in [0.29, 0.717) is 6.04 Å². The second-order valence-electron chi connectivity index (χ2n) is 3.69. The van der Waals surface area contributed by atoms with Gasteiger partial charge >= 0.3 is 0 Å². The third-order valence-electron chi connectivity index (χ3n) is 2.67. The summed E-state index contributed by atoms with van der Waals surface area (Å²) in [5.41, 5.74) is 0. The van der Waals surface area contributed by atoms with E-state index in [2.05, 4.69) is 10.6 Å². The second kappa shape index (κ2) is 7.17. The van der Waals surface area contributed by atoms with Crippen molar-refractivity contribution in [3.8, 4) is 0 Å². The normalized spacial score (nSPS) is 23.8. The highest BCUT2D eigenvalue weighted by Crippen LogP contribution is 2.05. The Morgan fingerprint density at radius 2 is 2.07 bits per heavy atom. The standard InChI is InChI=1S/C10H22N2O2/c1-13-10(14-2)8-12-9-4-3-6-11-7-5-9/h9-12H,3-8H2,1-2H3. The van der Waals surface area contributed by atoms with E-state index in [0.717, 1.165) is 19.6 Å². The zero-order valence-corrected chi connectivity index (χ0v) is 9.21. The molecule has 0 bridgehead atoms. The van der Waals surface area contributed by atoms with Crippen molar-refractivity contribution in [2.24, 2.45) is 0 Å². The molecule has 0 spiro atoms. The molecule has 1 heterocycles. The monoisotopic (exact) mass is 202 g/mol. The first kappa shape index (κ1) is 11.9. The molecule has 84 valence electrons. The lowest BCUT2D eigenvalue weighted by atomic mass is 10.1. The molecule has 4 heteroatoms. The van der Waals surface area contributed by atoms with Crippen LogP contribution in [0.1, 0.15) is 19.3 Å². The maximum atomic E-state index is 5.12. The molecular formula is C10H22N2O2. The topological polar surface area (TPSA) is 42.5 Å². The molecule has 0 aromatic heterocycles. The van der Waals surface area contributed by atoms with Crippen LogP contribution in [0.2, 0.25) is 0 Å². The Morgan fingerprint density at radius 1 is 1.29 bits per heavy atom. The average molecular weight is 202 g/mol. The largest absolute Gasteiger partial charge is 0.355 e. The van der Waals surface area contributed by atoms with Gasteiger partial charge in [-0.1, -0.05) is 0 Å². The summed E-state index contributed by atoms with van der Waals surface area (Å²) < 4.78 is 10.2. The summed E-state index contributed by atoms with van der Waals surface area (Å²) in [6, 6.07) is 0.609. The molecule has 0 amide bonds. The Hall–Kier alpha value is -0.160. The number of nitrogens with one attached hydrogen (secondary N) is 2. The molecule has 1 atom stereocenters. The van der Waals surface area contributed by atoms with Gasteiger partial charge in [-0.2, -0.15) is 0 Å². The molecule has 0 aromatic carbocycles. The van der Waals surface area contributed by atoms with Crippen LogP contribution in [0.4, 0.5) is 0 Å². The highest BCUT2D eigenvalue weighted by molar-refractivity contribution is 4.72. The Morgan fingerprint density at radius 3 is 2.79 bits per heavy atom. The molecular weight excluding hydrogens is 180 g/mol. The van der Waals surface area contributed by atoms with Crippen molar-refractivity contribution < 1.29 is 9.47 Å². The molecule has 1 saturated heterocycles. The molecule has 1 aliphatic rings. The predicted octanol–water partition coefficient (Wildman–Crippen LogP) is 0.337. The van der Waals surface area contributed by atoms with Crippen molar-refractivity contribution in [1.29, 1.82) is 0 Å². The maximum Gasteiger partial charge on any atom is 0.169 e. The van der Waals surface area contributed by atoms with Gasteiger partial charge in [-0.15, -0.1) is 0 Å². The minimum absolute atomic E-state index is 0.119. The van der Waals surface area contributed by atoms with Gasteiger partial charge in [0, 0.05) is 26.8 Å². The maximum absolute atomic E-state index is 5.12. The van der Waals surface area contributed by atoms with Crippen LogP contribution in [0.5, 0.6) is 0 Å². The van der Waals surface area contributed by atoms with E-state index in [-0.39, 0.29) is 6.29 Å². The van der Waals surface area contributed by atoms with Crippen molar-refractivity contribution in [3.05, 3.63) is 0 Å². The molecule has 4 nitrogen and oxygen atoms in total. The number of hydrogen-bond acceptors (Lipinski definition) is 4.